The van der Waals surface area contributed by atoms with E-state index in [0.29, 0.717) is 25.0 Å². The Balaban J connectivity index is 2.03. The van der Waals surface area contributed by atoms with Crippen molar-refractivity contribution in [3.8, 4) is 0 Å². The number of hydrogen-bond donors (Lipinski definition) is 3. The molecule has 2 rings (SSSR count). The van der Waals surface area contributed by atoms with Gasteiger partial charge in [-0.1, -0.05) is 24.3 Å². The molecule has 0 bridgehead atoms. The molecule has 0 saturated carbocycles. The van der Waals surface area contributed by atoms with Crippen LogP contribution in [0.4, 0.5) is 11.9 Å². The van der Waals surface area contributed by atoms with Gasteiger partial charge in [-0.3, -0.25) is 0 Å². The first kappa shape index (κ1) is 11.4. The van der Waals surface area contributed by atoms with E-state index in [1.807, 2.05) is 24.3 Å². The van der Waals surface area contributed by atoms with Crippen molar-refractivity contribution >= 4 is 11.9 Å². The van der Waals surface area contributed by atoms with E-state index in [1.165, 1.54) is 0 Å². The standard InChI is InChI=1S/C11H15N5O/c1-17-7-9-5-3-2-4-8(9)6-13-11-14-10(12)15-16-11/h2-5H,6-7H2,1H3,(H4,12,13,14,15,16). The molecule has 1 aromatic heterocycles. The fraction of sp³-hybridized carbons (Fsp3) is 0.273. The van der Waals surface area contributed by atoms with Crippen molar-refractivity contribution in [3.05, 3.63) is 35.4 Å². The monoisotopic (exact) mass is 233 g/mol. The molecular formula is C11H15N5O. The average molecular weight is 233 g/mol. The minimum absolute atomic E-state index is 0.303. The fourth-order valence-corrected chi connectivity index (χ4v) is 1.55. The maximum Gasteiger partial charge on any atom is 0.243 e. The van der Waals surface area contributed by atoms with Crippen LogP contribution in [0.3, 0.4) is 0 Å². The first-order chi connectivity index (χ1) is 8.29. The predicted octanol–water partition coefficient (Wildman–Crippen LogP) is 1.15. The third-order valence-electron chi connectivity index (χ3n) is 2.36. The summed E-state index contributed by atoms with van der Waals surface area (Å²) in [6.07, 6.45) is 0. The van der Waals surface area contributed by atoms with Gasteiger partial charge in [0.25, 0.3) is 0 Å². The number of methoxy groups -OCH3 is 1. The molecule has 0 spiro atoms. The summed E-state index contributed by atoms with van der Waals surface area (Å²) >= 11 is 0. The highest BCUT2D eigenvalue weighted by atomic mass is 16.5. The lowest BCUT2D eigenvalue weighted by molar-refractivity contribution is 0.184. The fourth-order valence-electron chi connectivity index (χ4n) is 1.55. The lowest BCUT2D eigenvalue weighted by atomic mass is 10.1. The van der Waals surface area contributed by atoms with E-state index in [-0.39, 0.29) is 0 Å². The van der Waals surface area contributed by atoms with E-state index in [4.69, 9.17) is 10.5 Å². The number of hydrogen-bond acceptors (Lipinski definition) is 5. The number of benzene rings is 1. The Morgan fingerprint density at radius 1 is 1.35 bits per heavy atom. The van der Waals surface area contributed by atoms with E-state index in [0.717, 1.165) is 11.1 Å². The van der Waals surface area contributed by atoms with Gasteiger partial charge in [0.05, 0.1) is 6.61 Å². The molecule has 1 aromatic carbocycles. The summed E-state index contributed by atoms with van der Waals surface area (Å²) in [4.78, 5) is 3.97. The summed E-state index contributed by atoms with van der Waals surface area (Å²) in [7, 11) is 1.68. The highest BCUT2D eigenvalue weighted by Crippen LogP contribution is 2.11. The number of nitrogens with one attached hydrogen (secondary N) is 2. The summed E-state index contributed by atoms with van der Waals surface area (Å²) in [6, 6.07) is 8.05. The molecule has 0 atom stereocenters. The van der Waals surface area contributed by atoms with E-state index >= 15 is 0 Å². The second kappa shape index (κ2) is 5.31. The van der Waals surface area contributed by atoms with Gasteiger partial charge in [0, 0.05) is 13.7 Å². The molecule has 4 N–H and O–H groups in total. The van der Waals surface area contributed by atoms with Crippen molar-refractivity contribution in [2.75, 3.05) is 18.2 Å². The molecule has 0 fully saturated rings. The second-order valence-electron chi connectivity index (χ2n) is 3.60. The lowest BCUT2D eigenvalue weighted by Crippen LogP contribution is -2.04. The number of nitrogens with two attached hydrogens (primary N) is 1. The van der Waals surface area contributed by atoms with Crippen LogP contribution in [0.15, 0.2) is 24.3 Å². The highest BCUT2D eigenvalue weighted by molar-refractivity contribution is 5.34. The topological polar surface area (TPSA) is 88.8 Å². The third kappa shape index (κ3) is 2.94. The van der Waals surface area contributed by atoms with Gasteiger partial charge in [0.15, 0.2) is 0 Å². The summed E-state index contributed by atoms with van der Waals surface area (Å²) in [5.41, 5.74) is 7.73. The van der Waals surface area contributed by atoms with Gasteiger partial charge < -0.3 is 15.8 Å². The number of aromatic amines is 1. The normalized spacial score (nSPS) is 10.4. The Bertz CT molecular complexity index is 482. The number of rotatable bonds is 5. The maximum absolute atomic E-state index is 5.44. The Labute approximate surface area is 99.2 Å². The lowest BCUT2D eigenvalue weighted by Gasteiger charge is -2.08. The van der Waals surface area contributed by atoms with Crippen molar-refractivity contribution in [2.45, 2.75) is 13.2 Å². The molecular weight excluding hydrogens is 218 g/mol. The number of aromatic nitrogens is 3. The van der Waals surface area contributed by atoms with Crippen LogP contribution in [-0.4, -0.2) is 22.3 Å². The van der Waals surface area contributed by atoms with Gasteiger partial charge in [0.2, 0.25) is 11.9 Å². The number of ether oxygens (including phenoxy) is 1. The van der Waals surface area contributed by atoms with Gasteiger partial charge in [-0.05, 0) is 11.1 Å². The summed E-state index contributed by atoms with van der Waals surface area (Å²) in [5.74, 6) is 0.799. The molecule has 6 heteroatoms. The molecule has 1 heterocycles. The molecule has 90 valence electrons. The molecule has 0 unspecified atom stereocenters. The summed E-state index contributed by atoms with van der Waals surface area (Å²) in [5, 5.41) is 9.57. The Morgan fingerprint density at radius 2 is 2.12 bits per heavy atom. The van der Waals surface area contributed by atoms with Crippen LogP contribution in [0.2, 0.25) is 0 Å². The molecule has 2 aromatic rings. The van der Waals surface area contributed by atoms with Crippen molar-refractivity contribution in [3.63, 3.8) is 0 Å². The Morgan fingerprint density at radius 3 is 2.76 bits per heavy atom. The zero-order chi connectivity index (χ0) is 12.1. The number of H-pyrrole nitrogens is 1. The van der Waals surface area contributed by atoms with E-state index in [1.54, 1.807) is 7.11 Å². The average Bonchev–Trinajstić information content (AvgIpc) is 2.74. The predicted molar refractivity (Wildman–Crippen MR) is 65.3 cm³/mol. The van der Waals surface area contributed by atoms with E-state index in [2.05, 4.69) is 20.5 Å². The van der Waals surface area contributed by atoms with Crippen LogP contribution in [0.5, 0.6) is 0 Å². The number of nitrogen functional groups attached to an aromatic ring is 1. The van der Waals surface area contributed by atoms with E-state index in [9.17, 15) is 0 Å². The second-order valence-corrected chi connectivity index (χ2v) is 3.60. The van der Waals surface area contributed by atoms with E-state index < -0.39 is 0 Å². The highest BCUT2D eigenvalue weighted by Gasteiger charge is 2.03. The molecule has 6 nitrogen and oxygen atoms in total. The van der Waals surface area contributed by atoms with Crippen molar-refractivity contribution in [1.29, 1.82) is 0 Å². The first-order valence-corrected chi connectivity index (χ1v) is 5.27. The van der Waals surface area contributed by atoms with Gasteiger partial charge in [-0.25, -0.2) is 5.10 Å². The number of nitrogens with zero attached hydrogens (tertiary/aromatic N) is 2. The van der Waals surface area contributed by atoms with Crippen LogP contribution in [0, 0.1) is 0 Å². The van der Waals surface area contributed by atoms with Crippen molar-refractivity contribution in [2.24, 2.45) is 0 Å². The van der Waals surface area contributed by atoms with Gasteiger partial charge in [-0.15, -0.1) is 5.10 Å². The first-order valence-electron chi connectivity index (χ1n) is 5.27. The maximum atomic E-state index is 5.44. The van der Waals surface area contributed by atoms with Gasteiger partial charge in [0.1, 0.15) is 0 Å². The minimum atomic E-state index is 0.303. The van der Waals surface area contributed by atoms with Gasteiger partial charge >= 0.3 is 0 Å². The van der Waals surface area contributed by atoms with Crippen LogP contribution >= 0.6 is 0 Å². The van der Waals surface area contributed by atoms with Crippen molar-refractivity contribution < 1.29 is 4.74 Å². The van der Waals surface area contributed by atoms with Crippen LogP contribution in [0.1, 0.15) is 11.1 Å². The molecule has 0 aliphatic rings. The van der Waals surface area contributed by atoms with Crippen LogP contribution in [-0.2, 0) is 17.9 Å². The summed E-state index contributed by atoms with van der Waals surface area (Å²) < 4.78 is 5.14. The Hall–Kier alpha value is -2.08. The molecule has 0 aliphatic carbocycles. The minimum Gasteiger partial charge on any atom is -0.380 e. The smallest absolute Gasteiger partial charge is 0.243 e. The zero-order valence-electron chi connectivity index (χ0n) is 9.60. The Kier molecular flexibility index (Phi) is 3.56. The quantitative estimate of drug-likeness (QED) is 0.720. The zero-order valence-corrected chi connectivity index (χ0v) is 9.60. The number of anilines is 2. The third-order valence-corrected chi connectivity index (χ3v) is 2.36. The summed E-state index contributed by atoms with van der Waals surface area (Å²) in [6.45, 7) is 1.23. The largest absolute Gasteiger partial charge is 0.380 e. The SMILES string of the molecule is COCc1ccccc1CNc1n[nH]c(N)n1. The molecule has 0 aliphatic heterocycles. The molecule has 0 saturated heterocycles. The molecule has 0 amide bonds. The van der Waals surface area contributed by atoms with Crippen molar-refractivity contribution in [1.82, 2.24) is 15.2 Å². The molecule has 17 heavy (non-hydrogen) atoms. The molecule has 0 radical (unpaired) electrons. The van der Waals surface area contributed by atoms with Crippen LogP contribution in [0.25, 0.3) is 0 Å². The van der Waals surface area contributed by atoms with Gasteiger partial charge in [-0.2, -0.15) is 4.98 Å². The van der Waals surface area contributed by atoms with Crippen LogP contribution < -0.4 is 11.1 Å².